The van der Waals surface area contributed by atoms with Gasteiger partial charge in [-0.15, -0.1) is 0 Å². The standard InChI is InChI=1S/C30H50O2/c1-19(2)23(31)10-9-20(3)22-13-16-30(8)26-14-15-27(5)21(4)24(32)11-12-25(27)28(26,6)17-18-29(22,30)7/h20-23,25-26,31H,1,9-18H2,2-8H3. The normalized spacial score (nSPS) is 50.2. The number of hydrogen-bond acceptors (Lipinski definition) is 2. The van der Waals surface area contributed by atoms with Gasteiger partial charge in [0.05, 0.1) is 6.10 Å². The molecule has 0 amide bonds. The Labute approximate surface area is 198 Å². The number of ketones is 1. The lowest BCUT2D eigenvalue weighted by Gasteiger charge is -2.69. The van der Waals surface area contributed by atoms with E-state index < -0.39 is 0 Å². The molecule has 1 N–H and O–H groups in total. The van der Waals surface area contributed by atoms with Gasteiger partial charge >= 0.3 is 0 Å². The summed E-state index contributed by atoms with van der Waals surface area (Å²) in [6.07, 6.45) is 11.5. The lowest BCUT2D eigenvalue weighted by atomic mass is 9.35. The van der Waals surface area contributed by atoms with Crippen molar-refractivity contribution in [2.75, 3.05) is 0 Å². The molecule has 0 heterocycles. The second-order valence-electron chi connectivity index (χ2n) is 13.8. The maximum Gasteiger partial charge on any atom is 0.136 e. The molecular weight excluding hydrogens is 392 g/mol. The third-order valence-corrected chi connectivity index (χ3v) is 12.7. The molecule has 0 aromatic heterocycles. The predicted octanol–water partition coefficient (Wildman–Crippen LogP) is 7.59. The third-order valence-electron chi connectivity index (χ3n) is 12.7. The number of carbonyl (C=O) groups excluding carboxylic acids is 1. The van der Waals surface area contributed by atoms with Crippen LogP contribution in [0.4, 0.5) is 0 Å². The third kappa shape index (κ3) is 3.24. The molecule has 0 spiro atoms. The fourth-order valence-corrected chi connectivity index (χ4v) is 10.2. The summed E-state index contributed by atoms with van der Waals surface area (Å²) in [5.74, 6) is 3.65. The molecule has 0 saturated heterocycles. The second kappa shape index (κ2) is 7.96. The van der Waals surface area contributed by atoms with E-state index in [9.17, 15) is 9.90 Å². The first-order valence-corrected chi connectivity index (χ1v) is 13.7. The average molecular weight is 443 g/mol. The van der Waals surface area contributed by atoms with Crippen LogP contribution in [0, 0.1) is 51.2 Å². The zero-order valence-electron chi connectivity index (χ0n) is 22.1. The summed E-state index contributed by atoms with van der Waals surface area (Å²) in [6, 6.07) is 0. The lowest BCUT2D eigenvalue weighted by Crippen LogP contribution is -2.62. The second-order valence-corrected chi connectivity index (χ2v) is 13.8. The van der Waals surface area contributed by atoms with Crippen molar-refractivity contribution < 1.29 is 9.90 Å². The molecule has 4 aliphatic carbocycles. The first-order chi connectivity index (χ1) is 14.8. The monoisotopic (exact) mass is 442 g/mol. The summed E-state index contributed by atoms with van der Waals surface area (Å²) in [5, 5.41) is 10.3. The number of hydrogen-bond donors (Lipinski definition) is 1. The van der Waals surface area contributed by atoms with Gasteiger partial charge < -0.3 is 5.11 Å². The Bertz CT molecular complexity index is 771. The minimum Gasteiger partial charge on any atom is -0.389 e. The van der Waals surface area contributed by atoms with Gasteiger partial charge in [-0.2, -0.15) is 0 Å². The average Bonchev–Trinajstić information content (AvgIpc) is 3.00. The summed E-state index contributed by atoms with van der Waals surface area (Å²) in [7, 11) is 0. The van der Waals surface area contributed by atoms with Crippen LogP contribution in [-0.4, -0.2) is 17.0 Å². The van der Waals surface area contributed by atoms with Gasteiger partial charge in [0.25, 0.3) is 0 Å². The van der Waals surface area contributed by atoms with Gasteiger partial charge in [0.2, 0.25) is 0 Å². The van der Waals surface area contributed by atoms with Crippen LogP contribution in [0.2, 0.25) is 0 Å². The zero-order chi connectivity index (χ0) is 23.7. The fourth-order valence-electron chi connectivity index (χ4n) is 10.2. The molecule has 4 aliphatic rings. The number of aliphatic hydroxyl groups is 1. The number of aliphatic hydroxyl groups excluding tert-OH is 1. The van der Waals surface area contributed by atoms with Crippen LogP contribution in [0.15, 0.2) is 12.2 Å². The molecule has 4 rings (SSSR count). The fraction of sp³-hybridized carbons (Fsp3) is 0.900. The Kier molecular flexibility index (Phi) is 6.09. The number of fused-ring (bicyclic) bond motifs is 5. The van der Waals surface area contributed by atoms with Crippen molar-refractivity contribution in [3.8, 4) is 0 Å². The van der Waals surface area contributed by atoms with Gasteiger partial charge in [-0.1, -0.05) is 53.7 Å². The van der Waals surface area contributed by atoms with Crippen molar-refractivity contribution in [3.63, 3.8) is 0 Å². The van der Waals surface area contributed by atoms with E-state index in [-0.39, 0.29) is 17.4 Å². The molecule has 0 aliphatic heterocycles. The highest BCUT2D eigenvalue weighted by Gasteiger charge is 2.69. The summed E-state index contributed by atoms with van der Waals surface area (Å²) in [4.78, 5) is 12.7. The predicted molar refractivity (Wildman–Crippen MR) is 133 cm³/mol. The highest BCUT2D eigenvalue weighted by molar-refractivity contribution is 5.82. The largest absolute Gasteiger partial charge is 0.389 e. The highest BCUT2D eigenvalue weighted by atomic mass is 16.3. The van der Waals surface area contributed by atoms with Gasteiger partial charge in [0, 0.05) is 12.3 Å². The van der Waals surface area contributed by atoms with E-state index in [1.165, 1.54) is 38.5 Å². The van der Waals surface area contributed by atoms with Gasteiger partial charge in [0.15, 0.2) is 0 Å². The topological polar surface area (TPSA) is 37.3 Å². The molecule has 2 nitrogen and oxygen atoms in total. The lowest BCUT2D eigenvalue weighted by molar-refractivity contribution is -0.202. The maximum absolute atomic E-state index is 12.7. The Hall–Kier alpha value is -0.630. The van der Waals surface area contributed by atoms with Gasteiger partial charge in [-0.05, 0) is 110 Å². The molecule has 10 unspecified atom stereocenters. The van der Waals surface area contributed by atoms with Crippen molar-refractivity contribution in [2.24, 2.45) is 51.2 Å². The number of rotatable bonds is 5. The van der Waals surface area contributed by atoms with E-state index >= 15 is 0 Å². The van der Waals surface area contributed by atoms with Crippen molar-refractivity contribution >= 4 is 5.78 Å². The van der Waals surface area contributed by atoms with E-state index in [0.29, 0.717) is 33.9 Å². The molecule has 0 aromatic rings. The Morgan fingerprint density at radius 3 is 2.31 bits per heavy atom. The molecule has 2 heteroatoms. The molecule has 0 radical (unpaired) electrons. The van der Waals surface area contributed by atoms with Crippen LogP contribution >= 0.6 is 0 Å². The van der Waals surface area contributed by atoms with Crippen molar-refractivity contribution in [1.29, 1.82) is 0 Å². The van der Waals surface area contributed by atoms with Crippen LogP contribution in [0.25, 0.3) is 0 Å². The molecule has 10 atom stereocenters. The summed E-state index contributed by atoms with van der Waals surface area (Å²) in [6.45, 7) is 21.0. The molecule has 4 fully saturated rings. The van der Waals surface area contributed by atoms with Crippen LogP contribution in [-0.2, 0) is 4.79 Å². The van der Waals surface area contributed by atoms with Crippen molar-refractivity contribution in [2.45, 2.75) is 119 Å². The number of Topliss-reactive ketones (excluding diaryl/α,β-unsaturated/α-hetero) is 1. The van der Waals surface area contributed by atoms with Crippen LogP contribution in [0.1, 0.15) is 113 Å². The summed E-state index contributed by atoms with van der Waals surface area (Å²) < 4.78 is 0. The molecule has 32 heavy (non-hydrogen) atoms. The van der Waals surface area contributed by atoms with E-state index in [1.807, 2.05) is 6.92 Å². The van der Waals surface area contributed by atoms with Crippen molar-refractivity contribution in [1.82, 2.24) is 0 Å². The van der Waals surface area contributed by atoms with Crippen molar-refractivity contribution in [3.05, 3.63) is 12.2 Å². The Balaban J connectivity index is 1.58. The molecular formula is C30H50O2. The van der Waals surface area contributed by atoms with Gasteiger partial charge in [0.1, 0.15) is 5.78 Å². The maximum atomic E-state index is 12.7. The quantitative estimate of drug-likeness (QED) is 0.445. The van der Waals surface area contributed by atoms with Gasteiger partial charge in [-0.25, -0.2) is 0 Å². The van der Waals surface area contributed by atoms with Crippen LogP contribution in [0.3, 0.4) is 0 Å². The SMILES string of the molecule is C=C(C)C(O)CCC(C)C1CCC2(C)C3CCC4(C)C(C)C(=O)CCC4C3(C)CCC12C. The first kappa shape index (κ1) is 24.5. The molecule has 182 valence electrons. The summed E-state index contributed by atoms with van der Waals surface area (Å²) in [5.41, 5.74) is 2.28. The van der Waals surface area contributed by atoms with Gasteiger partial charge in [-0.3, -0.25) is 4.79 Å². The minimum absolute atomic E-state index is 0.203. The van der Waals surface area contributed by atoms with E-state index in [4.69, 9.17) is 0 Å². The Morgan fingerprint density at radius 2 is 1.66 bits per heavy atom. The molecule has 4 saturated carbocycles. The minimum atomic E-state index is -0.347. The molecule has 0 aromatic carbocycles. The molecule has 0 bridgehead atoms. The van der Waals surface area contributed by atoms with E-state index in [0.717, 1.165) is 43.1 Å². The Morgan fingerprint density at radius 1 is 0.969 bits per heavy atom. The summed E-state index contributed by atoms with van der Waals surface area (Å²) >= 11 is 0. The van der Waals surface area contributed by atoms with Crippen LogP contribution in [0.5, 0.6) is 0 Å². The smallest absolute Gasteiger partial charge is 0.136 e. The number of carbonyl (C=O) groups is 1. The first-order valence-electron chi connectivity index (χ1n) is 13.7. The van der Waals surface area contributed by atoms with E-state index in [1.54, 1.807) is 0 Å². The highest BCUT2D eigenvalue weighted by Crippen LogP contribution is 2.76. The van der Waals surface area contributed by atoms with E-state index in [2.05, 4.69) is 48.1 Å². The van der Waals surface area contributed by atoms with Crippen LogP contribution < -0.4 is 0 Å². The zero-order valence-corrected chi connectivity index (χ0v) is 22.1.